The predicted octanol–water partition coefficient (Wildman–Crippen LogP) is 3.82. The third-order valence-corrected chi connectivity index (χ3v) is 5.05. The lowest BCUT2D eigenvalue weighted by atomic mass is 9.87. The molecule has 0 aromatic heterocycles. The van der Waals surface area contributed by atoms with E-state index in [1.807, 2.05) is 24.3 Å². The second-order valence-electron chi connectivity index (χ2n) is 8.49. The van der Waals surface area contributed by atoms with Crippen LogP contribution in [0.5, 0.6) is 0 Å². The zero-order chi connectivity index (χ0) is 23.6. The van der Waals surface area contributed by atoms with Gasteiger partial charge in [0.2, 0.25) is 0 Å². The average molecular weight is 435 g/mol. The quantitative estimate of drug-likeness (QED) is 0.421. The van der Waals surface area contributed by atoms with Crippen molar-refractivity contribution >= 4 is 28.9 Å². The van der Waals surface area contributed by atoms with Crippen LogP contribution >= 0.6 is 0 Å². The summed E-state index contributed by atoms with van der Waals surface area (Å²) in [5, 5.41) is 16.6. The maximum atomic E-state index is 13.0. The molecular formula is C23H25N5O4. The average Bonchev–Trinajstić information content (AvgIpc) is 3.05. The summed E-state index contributed by atoms with van der Waals surface area (Å²) >= 11 is 0. The van der Waals surface area contributed by atoms with Gasteiger partial charge in [-0.1, -0.05) is 39.0 Å². The molecule has 2 aromatic carbocycles. The number of nitro groups is 1. The van der Waals surface area contributed by atoms with Crippen molar-refractivity contribution in [3.05, 3.63) is 81.0 Å². The number of carbonyl (C=O) groups excluding carboxylic acids is 2. The molecule has 0 spiro atoms. The van der Waals surface area contributed by atoms with E-state index in [0.717, 1.165) is 5.56 Å². The Morgan fingerprint density at radius 3 is 2.34 bits per heavy atom. The van der Waals surface area contributed by atoms with Crippen LogP contribution in [0, 0.1) is 10.1 Å². The first-order valence-electron chi connectivity index (χ1n) is 10.0. The van der Waals surface area contributed by atoms with E-state index < -0.39 is 10.8 Å². The molecule has 0 bridgehead atoms. The van der Waals surface area contributed by atoms with Gasteiger partial charge in [-0.3, -0.25) is 25.1 Å². The molecule has 9 heteroatoms. The number of rotatable bonds is 5. The Hall–Kier alpha value is -4.01. The topological polar surface area (TPSA) is 117 Å². The Balaban J connectivity index is 1.74. The molecule has 0 fully saturated rings. The number of hydrazone groups is 1. The second kappa shape index (κ2) is 8.62. The van der Waals surface area contributed by atoms with Crippen LogP contribution in [0.15, 0.2) is 64.9 Å². The third-order valence-electron chi connectivity index (χ3n) is 5.05. The van der Waals surface area contributed by atoms with Gasteiger partial charge in [0.15, 0.2) is 0 Å². The fourth-order valence-corrected chi connectivity index (χ4v) is 3.26. The van der Waals surface area contributed by atoms with Crippen molar-refractivity contribution in [2.75, 3.05) is 5.01 Å². The van der Waals surface area contributed by atoms with E-state index in [1.165, 1.54) is 29.3 Å². The van der Waals surface area contributed by atoms with Gasteiger partial charge in [-0.05, 0) is 43.0 Å². The Kier molecular flexibility index (Phi) is 6.11. The van der Waals surface area contributed by atoms with Crippen molar-refractivity contribution in [1.82, 2.24) is 10.9 Å². The van der Waals surface area contributed by atoms with Crippen LogP contribution in [0.1, 0.15) is 50.5 Å². The van der Waals surface area contributed by atoms with Gasteiger partial charge in [0, 0.05) is 23.4 Å². The zero-order valence-electron chi connectivity index (χ0n) is 18.6. The standard InChI is InChI=1S/C23H25N5O4/c1-14(24-25-21(29)16-7-6-8-19(13-16)28(31)32)20-15(2)26-27(22(20)30)18-11-9-17(10-12-18)23(3,4)5/h6-13,24H,1-5H3,(H,25,29)/b20-14-. The van der Waals surface area contributed by atoms with Crippen LogP contribution in [0.3, 0.4) is 0 Å². The van der Waals surface area contributed by atoms with Crippen molar-refractivity contribution in [3.63, 3.8) is 0 Å². The van der Waals surface area contributed by atoms with Gasteiger partial charge in [-0.25, -0.2) is 0 Å². The molecule has 2 aromatic rings. The predicted molar refractivity (Wildman–Crippen MR) is 122 cm³/mol. The molecule has 3 rings (SSSR count). The van der Waals surface area contributed by atoms with Gasteiger partial charge in [0.25, 0.3) is 17.5 Å². The number of amides is 2. The van der Waals surface area contributed by atoms with E-state index in [0.29, 0.717) is 22.7 Å². The van der Waals surface area contributed by atoms with Crippen molar-refractivity contribution in [3.8, 4) is 0 Å². The maximum absolute atomic E-state index is 13.0. The highest BCUT2D eigenvalue weighted by Crippen LogP contribution is 2.28. The van der Waals surface area contributed by atoms with Gasteiger partial charge in [-0.15, -0.1) is 0 Å². The van der Waals surface area contributed by atoms with Gasteiger partial charge in [0.1, 0.15) is 0 Å². The van der Waals surface area contributed by atoms with Crippen LogP contribution in [0.2, 0.25) is 0 Å². The fourth-order valence-electron chi connectivity index (χ4n) is 3.26. The third kappa shape index (κ3) is 4.66. The van der Waals surface area contributed by atoms with E-state index >= 15 is 0 Å². The molecule has 166 valence electrons. The number of hydrogen-bond donors (Lipinski definition) is 2. The van der Waals surface area contributed by atoms with Crippen LogP contribution in [0.4, 0.5) is 11.4 Å². The van der Waals surface area contributed by atoms with Crippen LogP contribution in [0.25, 0.3) is 0 Å². The second-order valence-corrected chi connectivity index (χ2v) is 8.49. The minimum atomic E-state index is -0.572. The summed E-state index contributed by atoms with van der Waals surface area (Å²) in [4.78, 5) is 35.7. The number of hydrazine groups is 1. The summed E-state index contributed by atoms with van der Waals surface area (Å²) in [6.45, 7) is 9.70. The number of nitrogens with one attached hydrogen (secondary N) is 2. The summed E-state index contributed by atoms with van der Waals surface area (Å²) in [6, 6.07) is 13.0. The zero-order valence-corrected chi connectivity index (χ0v) is 18.6. The molecule has 0 saturated heterocycles. The van der Waals surface area contributed by atoms with Crippen LogP contribution in [-0.2, 0) is 10.2 Å². The van der Waals surface area contributed by atoms with E-state index in [2.05, 4.69) is 36.7 Å². The number of benzene rings is 2. The number of allylic oxidation sites excluding steroid dienone is 1. The number of carbonyl (C=O) groups is 2. The van der Waals surface area contributed by atoms with Crippen molar-refractivity contribution in [2.24, 2.45) is 5.10 Å². The Morgan fingerprint density at radius 2 is 1.75 bits per heavy atom. The summed E-state index contributed by atoms with van der Waals surface area (Å²) in [5.41, 5.74) is 8.15. The molecule has 2 amide bonds. The number of non-ortho nitro benzene ring substituents is 1. The number of anilines is 1. The molecule has 9 nitrogen and oxygen atoms in total. The highest BCUT2D eigenvalue weighted by Gasteiger charge is 2.31. The molecule has 1 heterocycles. The SMILES string of the molecule is CC1=NN(c2ccc(C(C)(C)C)cc2)C(=O)/C1=C(/C)NNC(=O)c1cccc([N+](=O)[O-])c1. The van der Waals surface area contributed by atoms with E-state index in [-0.39, 0.29) is 22.6 Å². The lowest BCUT2D eigenvalue weighted by Gasteiger charge is -2.20. The molecular weight excluding hydrogens is 410 g/mol. The van der Waals surface area contributed by atoms with Crippen molar-refractivity contribution < 1.29 is 14.5 Å². The Morgan fingerprint density at radius 1 is 1.09 bits per heavy atom. The number of hydrogen-bond acceptors (Lipinski definition) is 6. The van der Waals surface area contributed by atoms with Gasteiger partial charge >= 0.3 is 0 Å². The van der Waals surface area contributed by atoms with Gasteiger partial charge in [-0.2, -0.15) is 10.1 Å². The first-order valence-corrected chi connectivity index (χ1v) is 10.0. The summed E-state index contributed by atoms with van der Waals surface area (Å²) in [7, 11) is 0. The highest BCUT2D eigenvalue weighted by atomic mass is 16.6. The maximum Gasteiger partial charge on any atom is 0.282 e. The summed E-state index contributed by atoms with van der Waals surface area (Å²) in [6.07, 6.45) is 0. The molecule has 0 radical (unpaired) electrons. The normalized spacial score (nSPS) is 15.3. The first-order chi connectivity index (χ1) is 15.0. The fraction of sp³-hybridized carbons (Fsp3) is 0.261. The molecule has 0 atom stereocenters. The molecule has 32 heavy (non-hydrogen) atoms. The monoisotopic (exact) mass is 435 g/mol. The summed E-state index contributed by atoms with van der Waals surface area (Å²) < 4.78 is 0. The summed E-state index contributed by atoms with van der Waals surface area (Å²) in [5.74, 6) is -0.885. The van der Waals surface area contributed by atoms with E-state index in [1.54, 1.807) is 13.8 Å². The minimum Gasteiger partial charge on any atom is -0.302 e. The number of nitro benzene ring substituents is 1. The molecule has 0 aliphatic carbocycles. The van der Waals surface area contributed by atoms with Crippen LogP contribution in [-0.4, -0.2) is 22.4 Å². The highest BCUT2D eigenvalue weighted by molar-refractivity contribution is 6.30. The minimum absolute atomic E-state index is 0.00427. The Bertz CT molecular complexity index is 1140. The lowest BCUT2D eigenvalue weighted by molar-refractivity contribution is -0.384. The molecule has 0 saturated carbocycles. The lowest BCUT2D eigenvalue weighted by Crippen LogP contribution is -2.37. The molecule has 2 N–H and O–H groups in total. The van der Waals surface area contributed by atoms with Crippen LogP contribution < -0.4 is 15.9 Å². The van der Waals surface area contributed by atoms with E-state index in [9.17, 15) is 19.7 Å². The Labute approximate surface area is 185 Å². The van der Waals surface area contributed by atoms with Crippen molar-refractivity contribution in [1.29, 1.82) is 0 Å². The smallest absolute Gasteiger partial charge is 0.282 e. The largest absolute Gasteiger partial charge is 0.302 e. The molecule has 1 aliphatic heterocycles. The van der Waals surface area contributed by atoms with Gasteiger partial charge < -0.3 is 5.43 Å². The molecule has 1 aliphatic rings. The molecule has 0 unspecified atom stereocenters. The van der Waals surface area contributed by atoms with Gasteiger partial charge in [0.05, 0.1) is 21.9 Å². The van der Waals surface area contributed by atoms with E-state index in [4.69, 9.17) is 0 Å². The first kappa shape index (κ1) is 22.7. The van der Waals surface area contributed by atoms with Crippen molar-refractivity contribution in [2.45, 2.75) is 40.0 Å². The number of nitrogens with zero attached hydrogens (tertiary/aromatic N) is 3.